The molecule has 3 aromatic carbocycles. The van der Waals surface area contributed by atoms with E-state index in [1.165, 1.54) is 0 Å². The van der Waals surface area contributed by atoms with Crippen molar-refractivity contribution in [3.05, 3.63) is 98.0 Å². The van der Waals surface area contributed by atoms with Crippen molar-refractivity contribution in [1.29, 1.82) is 0 Å². The molecule has 13 heteroatoms. The van der Waals surface area contributed by atoms with Crippen LogP contribution in [0.5, 0.6) is 5.75 Å². The van der Waals surface area contributed by atoms with Gasteiger partial charge in [0.2, 0.25) is 0 Å². The van der Waals surface area contributed by atoms with E-state index < -0.39 is 5.97 Å². The molecule has 8 rings (SSSR count). The van der Waals surface area contributed by atoms with Crippen molar-refractivity contribution in [2.75, 3.05) is 50.9 Å². The first-order valence-corrected chi connectivity index (χ1v) is 20.3. The minimum atomic E-state index is -1.00. The Bertz CT molecular complexity index is 2540. The third kappa shape index (κ3) is 6.88. The van der Waals surface area contributed by atoms with Crippen molar-refractivity contribution in [1.82, 2.24) is 23.8 Å². The zero-order chi connectivity index (χ0) is 40.3. The predicted octanol–water partition coefficient (Wildman–Crippen LogP) is 8.80. The molecule has 1 amide bonds. The summed E-state index contributed by atoms with van der Waals surface area (Å²) in [7, 11) is 1.93. The lowest BCUT2D eigenvalue weighted by Crippen LogP contribution is -2.42. The van der Waals surface area contributed by atoms with Crippen LogP contribution in [0, 0.1) is 27.7 Å². The summed E-state index contributed by atoms with van der Waals surface area (Å²) < 4.78 is 17.7. The van der Waals surface area contributed by atoms with Gasteiger partial charge in [0.25, 0.3) is 5.91 Å². The van der Waals surface area contributed by atoms with Crippen LogP contribution in [0.1, 0.15) is 68.4 Å². The molecule has 6 aromatic rings. The number of ether oxygens (including phenoxy) is 2. The van der Waals surface area contributed by atoms with Gasteiger partial charge in [0.1, 0.15) is 17.1 Å². The number of fused-ring (bicyclic) bond motifs is 4. The zero-order valence-corrected chi connectivity index (χ0v) is 34.8. The van der Waals surface area contributed by atoms with Crippen LogP contribution in [0.2, 0.25) is 10.0 Å². The van der Waals surface area contributed by atoms with E-state index in [0.717, 1.165) is 84.9 Å². The number of aromatic nitrogens is 4. The molecule has 1 atom stereocenters. The topological polar surface area (TPSA) is 107 Å². The molecule has 0 spiro atoms. The first kappa shape index (κ1) is 39.0. The fourth-order valence-corrected chi connectivity index (χ4v) is 9.28. The van der Waals surface area contributed by atoms with E-state index in [0.29, 0.717) is 68.7 Å². The number of amides is 1. The van der Waals surface area contributed by atoms with E-state index >= 15 is 4.79 Å². The Morgan fingerprint density at radius 2 is 1.72 bits per heavy atom. The maximum atomic E-state index is 15.3. The summed E-state index contributed by atoms with van der Waals surface area (Å²) in [4.78, 5) is 32.1. The fraction of sp³-hybridized carbons (Fsp3) is 0.386. The van der Waals surface area contributed by atoms with Crippen molar-refractivity contribution in [2.24, 2.45) is 7.05 Å². The Hall–Kier alpha value is -4.81. The predicted molar refractivity (Wildman–Crippen MR) is 226 cm³/mol. The lowest BCUT2D eigenvalue weighted by atomic mass is 9.98. The van der Waals surface area contributed by atoms with Gasteiger partial charge in [0, 0.05) is 78.4 Å². The van der Waals surface area contributed by atoms with Gasteiger partial charge in [-0.1, -0.05) is 35.3 Å². The van der Waals surface area contributed by atoms with Crippen LogP contribution in [0.4, 0.5) is 5.69 Å². The van der Waals surface area contributed by atoms with E-state index in [-0.39, 0.29) is 17.6 Å². The molecule has 3 aromatic heterocycles. The number of rotatable bonds is 11. The first-order valence-electron chi connectivity index (χ1n) is 19.6. The Morgan fingerprint density at radius 3 is 2.40 bits per heavy atom. The number of carboxylic acids is 1. The maximum Gasteiger partial charge on any atom is 0.352 e. The van der Waals surface area contributed by atoms with E-state index in [9.17, 15) is 9.90 Å². The SMILES string of the molecule is Cc1cc(OCCCc2c3n(c4c(-c5c(C)nn(C)c5C)c(Cl)ccc24)[C@H](C)CN(c2cccc4c2cc(C(=O)O)n4CCN2CCOCC2)C3=O)cc(C)c1Cl. The lowest BCUT2D eigenvalue weighted by Gasteiger charge is -2.34. The van der Waals surface area contributed by atoms with Gasteiger partial charge in [-0.05, 0) is 101 Å². The molecular formula is C44H48Cl2N6O5. The van der Waals surface area contributed by atoms with Crippen molar-refractivity contribution in [3.63, 3.8) is 0 Å². The van der Waals surface area contributed by atoms with E-state index in [1.807, 2.05) is 91.4 Å². The van der Waals surface area contributed by atoms with Gasteiger partial charge >= 0.3 is 5.97 Å². The number of aromatic carboxylic acids is 1. The highest BCUT2D eigenvalue weighted by Crippen LogP contribution is 2.45. The third-order valence-electron chi connectivity index (χ3n) is 11.7. The second-order valence-electron chi connectivity index (χ2n) is 15.4. The average Bonchev–Trinajstić information content (AvgIpc) is 3.82. The quantitative estimate of drug-likeness (QED) is 0.130. The minimum absolute atomic E-state index is 0.142. The van der Waals surface area contributed by atoms with Gasteiger partial charge in [-0.15, -0.1) is 0 Å². The molecule has 0 radical (unpaired) electrons. The summed E-state index contributed by atoms with van der Waals surface area (Å²) in [5.41, 5.74) is 9.71. The van der Waals surface area contributed by atoms with Crippen LogP contribution in [0.25, 0.3) is 32.9 Å². The Morgan fingerprint density at radius 1 is 0.982 bits per heavy atom. The number of benzene rings is 3. The van der Waals surface area contributed by atoms with Crippen LogP contribution in [-0.4, -0.2) is 86.8 Å². The molecule has 5 heterocycles. The number of carbonyl (C=O) groups excluding carboxylic acids is 1. The molecule has 0 bridgehead atoms. The standard InChI is InChI=1S/C44H48Cl2N6O5/c1-25-21-30(22-26(2)40(25)46)57-18-8-9-31-32-12-13-34(45)39(38-28(4)47-48(6)29(38)5)41(32)52-27(3)24-51(43(53)42(31)52)36-11-7-10-35-33(36)23-37(44(54)55)50(35)15-14-49-16-19-56-20-17-49/h7,10-13,21-23,27H,8-9,14-20,24H2,1-6H3,(H,54,55)/t27-/m1/s1. The number of hydrogen-bond donors (Lipinski definition) is 1. The van der Waals surface area contributed by atoms with Gasteiger partial charge in [-0.25, -0.2) is 4.79 Å². The molecule has 298 valence electrons. The fourth-order valence-electron chi connectivity index (χ4n) is 8.93. The van der Waals surface area contributed by atoms with Crippen molar-refractivity contribution in [2.45, 2.75) is 60.0 Å². The van der Waals surface area contributed by atoms with Gasteiger partial charge < -0.3 is 28.6 Å². The molecule has 1 fully saturated rings. The number of carbonyl (C=O) groups is 2. The summed E-state index contributed by atoms with van der Waals surface area (Å²) in [6.07, 6.45) is 1.23. The second-order valence-corrected chi connectivity index (χ2v) is 16.2. The number of carboxylic acid groups (broad SMARTS) is 1. The number of aryl methyl sites for hydroxylation is 5. The van der Waals surface area contributed by atoms with Gasteiger partial charge in [-0.2, -0.15) is 5.10 Å². The number of nitrogens with zero attached hydrogens (tertiary/aromatic N) is 6. The number of hydrogen-bond acceptors (Lipinski definition) is 6. The summed E-state index contributed by atoms with van der Waals surface area (Å²) in [5.74, 6) is -0.385. The van der Waals surface area contributed by atoms with Gasteiger partial charge in [-0.3, -0.25) is 14.4 Å². The molecular weight excluding hydrogens is 763 g/mol. The largest absolute Gasteiger partial charge is 0.494 e. The minimum Gasteiger partial charge on any atom is -0.494 e. The molecule has 0 saturated carbocycles. The van der Waals surface area contributed by atoms with Crippen LogP contribution in [0.3, 0.4) is 0 Å². The van der Waals surface area contributed by atoms with Crippen molar-refractivity contribution < 1.29 is 24.2 Å². The average molecular weight is 812 g/mol. The third-order valence-corrected chi connectivity index (χ3v) is 12.7. The number of anilines is 1. The Kier molecular flexibility index (Phi) is 10.6. The molecule has 0 aliphatic carbocycles. The van der Waals surface area contributed by atoms with Gasteiger partial charge in [0.05, 0.1) is 47.3 Å². The zero-order valence-electron chi connectivity index (χ0n) is 33.3. The molecule has 11 nitrogen and oxygen atoms in total. The van der Waals surface area contributed by atoms with Crippen LogP contribution < -0.4 is 9.64 Å². The Labute approximate surface area is 342 Å². The highest BCUT2D eigenvalue weighted by Gasteiger charge is 2.37. The monoisotopic (exact) mass is 810 g/mol. The van der Waals surface area contributed by atoms with Gasteiger partial charge in [0.15, 0.2) is 0 Å². The number of morpholine rings is 1. The Balaban J connectivity index is 1.23. The summed E-state index contributed by atoms with van der Waals surface area (Å²) in [5, 5.41) is 18.1. The second kappa shape index (κ2) is 15.5. The molecule has 2 aliphatic rings. The molecule has 1 saturated heterocycles. The number of halogens is 2. The smallest absolute Gasteiger partial charge is 0.352 e. The molecule has 0 unspecified atom stereocenters. The normalized spacial score (nSPS) is 16.2. The molecule has 1 N–H and O–H groups in total. The van der Waals surface area contributed by atoms with E-state index in [4.69, 9.17) is 37.8 Å². The molecule has 2 aliphatic heterocycles. The maximum absolute atomic E-state index is 15.3. The lowest BCUT2D eigenvalue weighted by molar-refractivity contribution is 0.0362. The van der Waals surface area contributed by atoms with Crippen LogP contribution in [-0.2, 0) is 24.8 Å². The highest BCUT2D eigenvalue weighted by molar-refractivity contribution is 6.35. The highest BCUT2D eigenvalue weighted by atomic mass is 35.5. The summed E-state index contributed by atoms with van der Waals surface area (Å²) in [6, 6.07) is 15.2. The van der Waals surface area contributed by atoms with Crippen molar-refractivity contribution >= 4 is 62.6 Å². The summed E-state index contributed by atoms with van der Waals surface area (Å²) in [6.45, 7) is 15.1. The van der Waals surface area contributed by atoms with Crippen LogP contribution >= 0.6 is 23.2 Å². The first-order chi connectivity index (χ1) is 27.3. The van der Waals surface area contributed by atoms with E-state index in [1.54, 1.807) is 6.07 Å². The van der Waals surface area contributed by atoms with E-state index in [2.05, 4.69) is 16.4 Å². The van der Waals surface area contributed by atoms with Crippen LogP contribution in [0.15, 0.2) is 48.5 Å². The molecule has 57 heavy (non-hydrogen) atoms. The van der Waals surface area contributed by atoms with Crippen molar-refractivity contribution in [3.8, 4) is 16.9 Å². The summed E-state index contributed by atoms with van der Waals surface area (Å²) >= 11 is 13.6.